The molecule has 0 bridgehead atoms. The number of hydrogen-bond donors (Lipinski definition) is 0. The van der Waals surface area contributed by atoms with E-state index < -0.39 is 18.3 Å². The molecule has 31 heavy (non-hydrogen) atoms. The molecule has 4 heteroatoms. The zero-order chi connectivity index (χ0) is 21.7. The van der Waals surface area contributed by atoms with Crippen molar-refractivity contribution in [1.29, 1.82) is 0 Å². The topological polar surface area (TPSA) is 44.8 Å². The lowest BCUT2D eigenvalue weighted by Gasteiger charge is -2.29. The molecular weight excluding hydrogens is 388 g/mol. The molecule has 0 unspecified atom stereocenters. The predicted molar refractivity (Wildman–Crippen MR) is 121 cm³/mol. The highest BCUT2D eigenvalue weighted by Crippen LogP contribution is 2.18. The molecule has 3 atom stereocenters. The van der Waals surface area contributed by atoms with Crippen LogP contribution in [0.5, 0.6) is 0 Å². The van der Waals surface area contributed by atoms with Crippen LogP contribution in [0.25, 0.3) is 0 Å². The maximum atomic E-state index is 12.0. The van der Waals surface area contributed by atoms with E-state index in [4.69, 9.17) is 14.2 Å². The second-order valence-corrected chi connectivity index (χ2v) is 7.16. The van der Waals surface area contributed by atoms with Crippen LogP contribution < -0.4 is 0 Å². The van der Waals surface area contributed by atoms with Gasteiger partial charge in [-0.15, -0.1) is 6.58 Å². The first-order valence-corrected chi connectivity index (χ1v) is 10.3. The third-order valence-corrected chi connectivity index (χ3v) is 4.87. The maximum absolute atomic E-state index is 12.0. The summed E-state index contributed by atoms with van der Waals surface area (Å²) in [5, 5.41) is 0. The summed E-state index contributed by atoms with van der Waals surface area (Å²) in [6.07, 6.45) is 0.488. The molecule has 3 rings (SSSR count). The van der Waals surface area contributed by atoms with Gasteiger partial charge in [0.1, 0.15) is 18.3 Å². The summed E-state index contributed by atoms with van der Waals surface area (Å²) in [4.78, 5) is 12.0. The minimum absolute atomic E-state index is 0.304. The standard InChI is InChI=1S/C27H28O4/c1-2-25(29-19-22-12-6-3-7-13-22)27(31-21-24-16-10-5-11-17-24)26(18-28)30-20-23-14-8-4-9-15-23/h2-18,25-27H,1,19-21H2/t25-,26-,27-/m0/s1. The first-order chi connectivity index (χ1) is 15.3. The first-order valence-electron chi connectivity index (χ1n) is 10.3. The van der Waals surface area contributed by atoms with E-state index in [1.807, 2.05) is 91.0 Å². The Morgan fingerprint density at radius 1 is 0.613 bits per heavy atom. The van der Waals surface area contributed by atoms with Crippen LogP contribution in [-0.2, 0) is 38.8 Å². The molecule has 0 aliphatic rings. The van der Waals surface area contributed by atoms with Crippen molar-refractivity contribution in [2.75, 3.05) is 0 Å². The van der Waals surface area contributed by atoms with E-state index >= 15 is 0 Å². The van der Waals surface area contributed by atoms with Crippen molar-refractivity contribution in [3.63, 3.8) is 0 Å². The van der Waals surface area contributed by atoms with Gasteiger partial charge in [0, 0.05) is 0 Å². The van der Waals surface area contributed by atoms with E-state index in [0.29, 0.717) is 19.8 Å². The summed E-state index contributed by atoms with van der Waals surface area (Å²) >= 11 is 0. The fourth-order valence-electron chi connectivity index (χ4n) is 3.19. The molecule has 0 amide bonds. The molecule has 0 radical (unpaired) electrons. The molecule has 3 aromatic rings. The molecule has 0 aliphatic heterocycles. The molecule has 0 N–H and O–H groups in total. The number of aldehydes is 1. The van der Waals surface area contributed by atoms with Gasteiger partial charge < -0.3 is 19.0 Å². The van der Waals surface area contributed by atoms with Crippen LogP contribution in [0.15, 0.2) is 104 Å². The van der Waals surface area contributed by atoms with Crippen LogP contribution in [0.2, 0.25) is 0 Å². The lowest BCUT2D eigenvalue weighted by Crippen LogP contribution is -2.42. The predicted octanol–water partition coefficient (Wildman–Crippen LogP) is 5.13. The van der Waals surface area contributed by atoms with Gasteiger partial charge in [-0.3, -0.25) is 0 Å². The van der Waals surface area contributed by atoms with E-state index in [9.17, 15) is 4.79 Å². The third kappa shape index (κ3) is 7.30. The SMILES string of the molecule is C=C[C@H](OCc1ccccc1)[C@H](OCc1ccccc1)[C@H](C=O)OCc1ccccc1. The largest absolute Gasteiger partial charge is 0.367 e. The van der Waals surface area contributed by atoms with E-state index in [2.05, 4.69) is 6.58 Å². The monoisotopic (exact) mass is 416 g/mol. The molecule has 0 saturated heterocycles. The van der Waals surface area contributed by atoms with E-state index in [1.165, 1.54) is 0 Å². The average molecular weight is 417 g/mol. The van der Waals surface area contributed by atoms with Crippen molar-refractivity contribution in [2.24, 2.45) is 0 Å². The minimum Gasteiger partial charge on any atom is -0.367 e. The Balaban J connectivity index is 1.71. The van der Waals surface area contributed by atoms with Gasteiger partial charge in [-0.1, -0.05) is 97.1 Å². The van der Waals surface area contributed by atoms with E-state index in [0.717, 1.165) is 23.0 Å². The van der Waals surface area contributed by atoms with Crippen molar-refractivity contribution in [1.82, 2.24) is 0 Å². The number of hydrogen-bond acceptors (Lipinski definition) is 4. The fraction of sp³-hybridized carbons (Fsp3) is 0.222. The second-order valence-electron chi connectivity index (χ2n) is 7.16. The zero-order valence-corrected chi connectivity index (χ0v) is 17.5. The Morgan fingerprint density at radius 3 is 1.39 bits per heavy atom. The summed E-state index contributed by atoms with van der Waals surface area (Å²) in [7, 11) is 0. The molecule has 0 heterocycles. The summed E-state index contributed by atoms with van der Waals surface area (Å²) in [5.41, 5.74) is 3.02. The molecule has 0 saturated carbocycles. The molecular formula is C27H28O4. The number of rotatable bonds is 13. The highest BCUT2D eigenvalue weighted by molar-refractivity contribution is 5.57. The molecule has 160 valence electrons. The van der Waals surface area contributed by atoms with Crippen molar-refractivity contribution >= 4 is 6.29 Å². The molecule has 0 spiro atoms. The fourth-order valence-corrected chi connectivity index (χ4v) is 3.19. The summed E-state index contributed by atoms with van der Waals surface area (Å²) < 4.78 is 18.2. The number of benzene rings is 3. The third-order valence-electron chi connectivity index (χ3n) is 4.87. The Hall–Kier alpha value is -3.05. The number of carbonyl (C=O) groups is 1. The van der Waals surface area contributed by atoms with Crippen LogP contribution in [-0.4, -0.2) is 24.6 Å². The van der Waals surface area contributed by atoms with Gasteiger partial charge >= 0.3 is 0 Å². The number of carbonyl (C=O) groups excluding carboxylic acids is 1. The van der Waals surface area contributed by atoms with Gasteiger partial charge in [0.25, 0.3) is 0 Å². The molecule has 3 aromatic carbocycles. The van der Waals surface area contributed by atoms with Gasteiger partial charge in [-0.05, 0) is 16.7 Å². The van der Waals surface area contributed by atoms with Gasteiger partial charge in [0.15, 0.2) is 6.29 Å². The van der Waals surface area contributed by atoms with Crippen molar-refractivity contribution < 1.29 is 19.0 Å². The second kappa shape index (κ2) is 12.6. The van der Waals surface area contributed by atoms with Gasteiger partial charge in [0.2, 0.25) is 0 Å². The van der Waals surface area contributed by atoms with Crippen LogP contribution in [0.1, 0.15) is 16.7 Å². The van der Waals surface area contributed by atoms with Gasteiger partial charge in [-0.25, -0.2) is 0 Å². The summed E-state index contributed by atoms with van der Waals surface area (Å²) in [6.45, 7) is 4.93. The molecule has 4 nitrogen and oxygen atoms in total. The highest BCUT2D eigenvalue weighted by Gasteiger charge is 2.30. The average Bonchev–Trinajstić information content (AvgIpc) is 2.84. The molecule has 0 aromatic heterocycles. The summed E-state index contributed by atoms with van der Waals surface area (Å²) in [5.74, 6) is 0. The van der Waals surface area contributed by atoms with Gasteiger partial charge in [0.05, 0.1) is 19.8 Å². The quantitative estimate of drug-likeness (QED) is 0.286. The van der Waals surface area contributed by atoms with Crippen molar-refractivity contribution in [3.8, 4) is 0 Å². The maximum Gasteiger partial charge on any atom is 0.151 e. The number of ether oxygens (including phenoxy) is 3. The van der Waals surface area contributed by atoms with Crippen molar-refractivity contribution in [2.45, 2.75) is 38.1 Å². The molecule has 0 aliphatic carbocycles. The van der Waals surface area contributed by atoms with E-state index in [1.54, 1.807) is 6.08 Å². The smallest absolute Gasteiger partial charge is 0.151 e. The van der Waals surface area contributed by atoms with Crippen LogP contribution in [0, 0.1) is 0 Å². The Bertz CT molecular complexity index is 841. The van der Waals surface area contributed by atoms with Crippen LogP contribution in [0.4, 0.5) is 0 Å². The van der Waals surface area contributed by atoms with E-state index in [-0.39, 0.29) is 0 Å². The van der Waals surface area contributed by atoms with Crippen LogP contribution in [0.3, 0.4) is 0 Å². The Kier molecular flexibility index (Phi) is 9.20. The summed E-state index contributed by atoms with van der Waals surface area (Å²) in [6, 6.07) is 29.4. The normalized spacial score (nSPS) is 13.8. The minimum atomic E-state index is -0.803. The Morgan fingerprint density at radius 2 is 1.00 bits per heavy atom. The lowest BCUT2D eigenvalue weighted by molar-refractivity contribution is -0.150. The Labute approximate surface area is 184 Å². The zero-order valence-electron chi connectivity index (χ0n) is 17.5. The molecule has 0 fully saturated rings. The van der Waals surface area contributed by atoms with Crippen molar-refractivity contribution in [3.05, 3.63) is 120 Å². The van der Waals surface area contributed by atoms with Gasteiger partial charge in [-0.2, -0.15) is 0 Å². The van der Waals surface area contributed by atoms with Crippen LogP contribution >= 0.6 is 0 Å². The first kappa shape index (κ1) is 22.6. The lowest BCUT2D eigenvalue weighted by atomic mass is 10.1. The highest BCUT2D eigenvalue weighted by atomic mass is 16.6.